The van der Waals surface area contributed by atoms with E-state index in [9.17, 15) is 19.2 Å². The van der Waals surface area contributed by atoms with Crippen molar-refractivity contribution >= 4 is 34.8 Å². The summed E-state index contributed by atoms with van der Waals surface area (Å²) in [4.78, 5) is 60.8. The number of carbonyl (C=O) groups excluding carboxylic acids is 3. The number of benzene rings is 2. The van der Waals surface area contributed by atoms with Crippen LogP contribution in [0.4, 0.5) is 15.3 Å². The number of likely N-dealkylation sites (tertiary alicyclic amines) is 3. The Labute approximate surface area is 273 Å². The van der Waals surface area contributed by atoms with Crippen LogP contribution in [0.1, 0.15) is 55.2 Å². The molecule has 3 aromatic rings. The van der Waals surface area contributed by atoms with Gasteiger partial charge in [-0.3, -0.25) is 9.78 Å². The zero-order valence-corrected chi connectivity index (χ0v) is 27.2. The molecule has 3 N–H and O–H groups in total. The minimum absolute atomic E-state index is 0.165. The molecule has 250 valence electrons. The molecule has 2 aromatic carbocycles. The van der Waals surface area contributed by atoms with E-state index in [0.29, 0.717) is 62.0 Å². The topological polar surface area (TPSA) is 140 Å². The number of piperidine rings is 3. The molecule has 0 bridgehead atoms. The van der Waals surface area contributed by atoms with Crippen LogP contribution in [0.15, 0.2) is 45.6 Å². The van der Waals surface area contributed by atoms with E-state index in [2.05, 4.69) is 27.6 Å². The summed E-state index contributed by atoms with van der Waals surface area (Å²) in [5.74, 6) is 0.571. The Bertz CT molecular complexity index is 1710. The molecular formula is C35H44N6O6. The molecule has 3 fully saturated rings. The molecule has 4 aliphatic rings. The quantitative estimate of drug-likeness (QED) is 0.379. The Morgan fingerprint density at radius 3 is 2.36 bits per heavy atom. The van der Waals surface area contributed by atoms with Crippen LogP contribution >= 0.6 is 0 Å². The van der Waals surface area contributed by atoms with Gasteiger partial charge >= 0.3 is 17.9 Å². The van der Waals surface area contributed by atoms with Crippen molar-refractivity contribution in [3.63, 3.8) is 0 Å². The van der Waals surface area contributed by atoms with E-state index < -0.39 is 23.5 Å². The molecule has 1 spiro atoms. The van der Waals surface area contributed by atoms with Gasteiger partial charge in [0.25, 0.3) is 5.91 Å². The van der Waals surface area contributed by atoms with E-state index in [0.717, 1.165) is 48.3 Å². The third-order valence-corrected chi connectivity index (χ3v) is 10.9. The van der Waals surface area contributed by atoms with Gasteiger partial charge in [0.2, 0.25) is 0 Å². The molecule has 1 atom stereocenters. The number of oxazole rings is 1. The number of H-pyrrole nitrogens is 1. The number of hydrogen-bond acceptors (Lipinski definition) is 7. The molecule has 7 rings (SSSR count). The average molecular weight is 645 g/mol. The molecular weight excluding hydrogens is 600 g/mol. The second kappa shape index (κ2) is 12.7. The first-order chi connectivity index (χ1) is 22.7. The second-order valence-corrected chi connectivity index (χ2v) is 13.9. The fourth-order valence-corrected chi connectivity index (χ4v) is 8.21. The van der Waals surface area contributed by atoms with Crippen LogP contribution in [0.3, 0.4) is 0 Å². The molecule has 5 heterocycles. The zero-order valence-electron chi connectivity index (χ0n) is 27.2. The predicted molar refractivity (Wildman–Crippen MR) is 176 cm³/mol. The van der Waals surface area contributed by atoms with Crippen molar-refractivity contribution in [2.45, 2.75) is 63.5 Å². The average Bonchev–Trinajstić information content (AvgIpc) is 3.45. The number of ether oxygens (including phenoxy) is 1. The van der Waals surface area contributed by atoms with E-state index in [1.165, 1.54) is 12.8 Å². The van der Waals surface area contributed by atoms with Crippen LogP contribution in [0.25, 0.3) is 11.1 Å². The number of aromatic amines is 1. The minimum atomic E-state index is -1.03. The first kappa shape index (κ1) is 31.3. The van der Waals surface area contributed by atoms with Gasteiger partial charge in [-0.15, -0.1) is 0 Å². The highest BCUT2D eigenvalue weighted by molar-refractivity contribution is 5.94. The van der Waals surface area contributed by atoms with Crippen LogP contribution in [0, 0.1) is 18.8 Å². The van der Waals surface area contributed by atoms with Gasteiger partial charge in [0.1, 0.15) is 0 Å². The molecule has 12 heteroatoms. The van der Waals surface area contributed by atoms with Crippen LogP contribution in [-0.4, -0.2) is 90.1 Å². The van der Waals surface area contributed by atoms with Gasteiger partial charge in [-0.2, -0.15) is 0 Å². The number of aromatic nitrogens is 1. The maximum absolute atomic E-state index is 14.1. The monoisotopic (exact) mass is 644 g/mol. The molecule has 3 saturated heterocycles. The van der Waals surface area contributed by atoms with Crippen LogP contribution in [0.2, 0.25) is 0 Å². The lowest BCUT2D eigenvalue weighted by Gasteiger charge is -2.45. The number of nitrogens with zero attached hydrogens (tertiary/aromatic N) is 3. The summed E-state index contributed by atoms with van der Waals surface area (Å²) in [6.45, 7) is 6.16. The number of carbonyl (C=O) groups is 3. The predicted octanol–water partition coefficient (Wildman–Crippen LogP) is 4.18. The highest BCUT2D eigenvalue weighted by Crippen LogP contribution is 2.40. The number of rotatable bonds is 5. The van der Waals surface area contributed by atoms with Crippen molar-refractivity contribution in [1.82, 2.24) is 25.0 Å². The second-order valence-electron chi connectivity index (χ2n) is 13.9. The Morgan fingerprint density at radius 1 is 0.957 bits per heavy atom. The number of aryl methyl sites for hydroxylation is 1. The Balaban J connectivity index is 1.06. The Kier molecular flexibility index (Phi) is 8.46. The summed E-state index contributed by atoms with van der Waals surface area (Å²) in [6, 6.07) is 11.1. The van der Waals surface area contributed by atoms with Gasteiger partial charge in [0, 0.05) is 43.9 Å². The van der Waals surface area contributed by atoms with E-state index in [-0.39, 0.29) is 18.4 Å². The van der Waals surface area contributed by atoms with Gasteiger partial charge in [0.15, 0.2) is 11.7 Å². The molecule has 1 aromatic heterocycles. The lowest BCUT2D eigenvalue weighted by atomic mass is 9.79. The minimum Gasteiger partial charge on any atom is -0.436 e. The fraction of sp³-hybridized carbons (Fsp3) is 0.543. The SMILES string of the molecule is Cc1cc(CC(OC(=O)N2CCC3(CC2)NC(=O)Nc2ccccc23)C(=O)N2CCC(C3CCN(C)CC3)CC2)cc2oc(=O)[nH]c12. The molecule has 0 aliphatic carbocycles. The van der Waals surface area contributed by atoms with Gasteiger partial charge in [-0.1, -0.05) is 24.3 Å². The number of nitrogens with one attached hydrogen (secondary N) is 3. The normalized spacial score (nSPS) is 21.3. The number of para-hydroxylation sites is 1. The summed E-state index contributed by atoms with van der Waals surface area (Å²) < 4.78 is 11.4. The van der Waals surface area contributed by atoms with E-state index >= 15 is 0 Å². The number of anilines is 1. The zero-order chi connectivity index (χ0) is 32.7. The first-order valence-electron chi connectivity index (χ1n) is 16.9. The Morgan fingerprint density at radius 2 is 1.64 bits per heavy atom. The molecule has 0 radical (unpaired) electrons. The molecule has 12 nitrogen and oxygen atoms in total. The van der Waals surface area contributed by atoms with Gasteiger partial charge in [-0.25, -0.2) is 14.4 Å². The largest absolute Gasteiger partial charge is 0.436 e. The highest BCUT2D eigenvalue weighted by atomic mass is 16.6. The fourth-order valence-electron chi connectivity index (χ4n) is 8.21. The smallest absolute Gasteiger partial charge is 0.417 e. The number of hydrogen-bond donors (Lipinski definition) is 3. The van der Waals surface area contributed by atoms with Crippen molar-refractivity contribution in [3.05, 3.63) is 63.6 Å². The molecule has 4 amide bonds. The summed E-state index contributed by atoms with van der Waals surface area (Å²) in [7, 11) is 2.17. The third kappa shape index (κ3) is 6.35. The van der Waals surface area contributed by atoms with E-state index in [4.69, 9.17) is 9.15 Å². The van der Waals surface area contributed by atoms with Crippen LogP contribution in [0.5, 0.6) is 0 Å². The Hall–Kier alpha value is -4.32. The number of amides is 4. The number of fused-ring (bicyclic) bond motifs is 3. The van der Waals surface area contributed by atoms with Crippen LogP contribution < -0.4 is 16.4 Å². The summed E-state index contributed by atoms with van der Waals surface area (Å²) in [5, 5.41) is 5.98. The maximum Gasteiger partial charge on any atom is 0.417 e. The first-order valence-corrected chi connectivity index (χ1v) is 16.9. The van der Waals surface area contributed by atoms with Crippen molar-refractivity contribution in [3.8, 4) is 0 Å². The van der Waals surface area contributed by atoms with Crippen molar-refractivity contribution in [2.24, 2.45) is 11.8 Å². The van der Waals surface area contributed by atoms with Crippen molar-refractivity contribution in [1.29, 1.82) is 0 Å². The van der Waals surface area contributed by atoms with Crippen molar-refractivity contribution in [2.75, 3.05) is 51.6 Å². The summed E-state index contributed by atoms with van der Waals surface area (Å²) in [6.07, 6.45) is 3.96. The maximum atomic E-state index is 14.1. The molecule has 1 unspecified atom stereocenters. The number of urea groups is 1. The summed E-state index contributed by atoms with van der Waals surface area (Å²) in [5.41, 5.74) is 3.79. The molecule has 4 aliphatic heterocycles. The van der Waals surface area contributed by atoms with Gasteiger partial charge in [-0.05, 0) is 101 Å². The lowest BCUT2D eigenvalue weighted by Crippen LogP contribution is -2.58. The van der Waals surface area contributed by atoms with Gasteiger partial charge < -0.3 is 34.5 Å². The van der Waals surface area contributed by atoms with Crippen molar-refractivity contribution < 1.29 is 23.5 Å². The van der Waals surface area contributed by atoms with E-state index in [1.54, 1.807) is 11.0 Å². The molecule has 47 heavy (non-hydrogen) atoms. The molecule has 0 saturated carbocycles. The van der Waals surface area contributed by atoms with E-state index in [1.807, 2.05) is 42.2 Å². The third-order valence-electron chi connectivity index (χ3n) is 10.9. The summed E-state index contributed by atoms with van der Waals surface area (Å²) >= 11 is 0. The standard InChI is InChI=1S/C35H44N6O6/c1-22-19-23(20-28-30(22)37-33(44)46-28)21-29(31(42)40-15-9-25(10-16-40)24-7-13-39(2)14-8-24)47-34(45)41-17-11-35(12-18-41)26-5-3-4-6-27(26)36-32(43)38-35/h3-6,19-20,24-25,29H,7-18,21H2,1-2H3,(H,37,44)(H2,36,38,43). The van der Waals surface area contributed by atoms with Gasteiger partial charge in [0.05, 0.1) is 11.1 Å². The lowest BCUT2D eigenvalue weighted by molar-refractivity contribution is -0.142. The van der Waals surface area contributed by atoms with Crippen LogP contribution in [-0.2, 0) is 21.5 Å². The highest BCUT2D eigenvalue weighted by Gasteiger charge is 2.44.